The van der Waals surface area contributed by atoms with Crippen LogP contribution >= 0.6 is 0 Å². The standard InChI is InChI=1S/C16H17NO5/c1-16(20-7-8-21-16)10-13-9-14(22-17-13)11-3-5-12(6-4-11)15(18)19-2/h3-6,9H,7-8,10H2,1-2H3. The first-order valence-electron chi connectivity index (χ1n) is 7.02. The van der Waals surface area contributed by atoms with Gasteiger partial charge in [-0.05, 0) is 19.1 Å². The van der Waals surface area contributed by atoms with Crippen LogP contribution in [0.15, 0.2) is 34.9 Å². The largest absolute Gasteiger partial charge is 0.465 e. The zero-order valence-electron chi connectivity index (χ0n) is 12.5. The first-order valence-corrected chi connectivity index (χ1v) is 7.02. The van der Waals surface area contributed by atoms with Crippen molar-refractivity contribution < 1.29 is 23.5 Å². The van der Waals surface area contributed by atoms with E-state index in [0.29, 0.717) is 31.0 Å². The number of aromatic nitrogens is 1. The van der Waals surface area contributed by atoms with E-state index in [0.717, 1.165) is 11.3 Å². The van der Waals surface area contributed by atoms with Crippen LogP contribution in [-0.2, 0) is 20.6 Å². The van der Waals surface area contributed by atoms with Crippen molar-refractivity contribution in [2.75, 3.05) is 20.3 Å². The van der Waals surface area contributed by atoms with Gasteiger partial charge in [0.2, 0.25) is 0 Å². The van der Waals surface area contributed by atoms with E-state index in [9.17, 15) is 4.79 Å². The maximum atomic E-state index is 11.4. The second-order valence-electron chi connectivity index (χ2n) is 5.26. The molecule has 0 saturated carbocycles. The minimum absolute atomic E-state index is 0.367. The molecule has 6 heteroatoms. The third-order valence-electron chi connectivity index (χ3n) is 3.55. The maximum absolute atomic E-state index is 11.4. The molecule has 0 bridgehead atoms. The summed E-state index contributed by atoms with van der Waals surface area (Å²) >= 11 is 0. The summed E-state index contributed by atoms with van der Waals surface area (Å²) in [4.78, 5) is 11.4. The van der Waals surface area contributed by atoms with Gasteiger partial charge in [0.05, 0.1) is 31.6 Å². The molecule has 0 aliphatic carbocycles. The van der Waals surface area contributed by atoms with Crippen molar-refractivity contribution in [1.29, 1.82) is 0 Å². The average Bonchev–Trinajstić information content (AvgIpc) is 3.16. The third kappa shape index (κ3) is 3.03. The normalized spacial score (nSPS) is 16.6. The molecule has 3 rings (SSSR count). The highest BCUT2D eigenvalue weighted by atomic mass is 16.7. The van der Waals surface area contributed by atoms with E-state index >= 15 is 0 Å². The third-order valence-corrected chi connectivity index (χ3v) is 3.55. The lowest BCUT2D eigenvalue weighted by Gasteiger charge is -2.20. The molecule has 1 saturated heterocycles. The molecule has 22 heavy (non-hydrogen) atoms. The van der Waals surface area contributed by atoms with Crippen molar-refractivity contribution in [2.45, 2.75) is 19.1 Å². The number of rotatable bonds is 4. The highest BCUT2D eigenvalue weighted by Crippen LogP contribution is 2.26. The number of carbonyl (C=O) groups excluding carboxylic acids is 1. The number of hydrogen-bond donors (Lipinski definition) is 0. The molecule has 1 aliphatic rings. The molecule has 0 N–H and O–H groups in total. The summed E-state index contributed by atoms with van der Waals surface area (Å²) in [5, 5.41) is 4.05. The highest BCUT2D eigenvalue weighted by molar-refractivity contribution is 5.89. The van der Waals surface area contributed by atoms with E-state index in [1.54, 1.807) is 24.3 Å². The summed E-state index contributed by atoms with van der Waals surface area (Å²) in [6.07, 6.45) is 0.525. The predicted molar refractivity (Wildman–Crippen MR) is 77.3 cm³/mol. The van der Waals surface area contributed by atoms with Crippen molar-refractivity contribution in [3.63, 3.8) is 0 Å². The van der Waals surface area contributed by atoms with E-state index in [4.69, 9.17) is 14.0 Å². The molecule has 0 unspecified atom stereocenters. The smallest absolute Gasteiger partial charge is 0.337 e. The Morgan fingerprint density at radius 2 is 1.95 bits per heavy atom. The Morgan fingerprint density at radius 1 is 1.27 bits per heavy atom. The predicted octanol–water partition coefficient (Wildman–Crippen LogP) is 2.43. The molecule has 2 heterocycles. The average molecular weight is 303 g/mol. The van der Waals surface area contributed by atoms with E-state index in [1.165, 1.54) is 7.11 Å². The van der Waals surface area contributed by atoms with Gasteiger partial charge in [0.1, 0.15) is 0 Å². The van der Waals surface area contributed by atoms with Crippen LogP contribution in [0.25, 0.3) is 11.3 Å². The molecular weight excluding hydrogens is 286 g/mol. The lowest BCUT2D eigenvalue weighted by Crippen LogP contribution is -2.28. The topological polar surface area (TPSA) is 70.8 Å². The Morgan fingerprint density at radius 3 is 2.59 bits per heavy atom. The first-order chi connectivity index (χ1) is 10.6. The molecule has 1 aromatic heterocycles. The molecule has 0 atom stereocenters. The molecule has 0 amide bonds. The monoisotopic (exact) mass is 303 g/mol. The second-order valence-corrected chi connectivity index (χ2v) is 5.26. The quantitative estimate of drug-likeness (QED) is 0.808. The Hall–Kier alpha value is -2.18. The number of methoxy groups -OCH3 is 1. The fourth-order valence-corrected chi connectivity index (χ4v) is 2.41. The molecule has 116 valence electrons. The van der Waals surface area contributed by atoms with Crippen LogP contribution < -0.4 is 0 Å². The summed E-state index contributed by atoms with van der Waals surface area (Å²) in [5.74, 6) is -0.371. The number of carbonyl (C=O) groups is 1. The summed E-state index contributed by atoms with van der Waals surface area (Å²) in [7, 11) is 1.35. The van der Waals surface area contributed by atoms with Crippen molar-refractivity contribution in [1.82, 2.24) is 5.16 Å². The number of nitrogens with zero attached hydrogens (tertiary/aromatic N) is 1. The van der Waals surface area contributed by atoms with Gasteiger partial charge in [-0.2, -0.15) is 0 Å². The van der Waals surface area contributed by atoms with E-state index in [-0.39, 0.29) is 5.97 Å². The van der Waals surface area contributed by atoms with Gasteiger partial charge < -0.3 is 18.7 Å². The zero-order chi connectivity index (χ0) is 15.6. The summed E-state index contributed by atoms with van der Waals surface area (Å²) in [6, 6.07) is 8.81. The van der Waals surface area contributed by atoms with Gasteiger partial charge in [0.15, 0.2) is 11.5 Å². The lowest BCUT2D eigenvalue weighted by molar-refractivity contribution is -0.141. The number of esters is 1. The van der Waals surface area contributed by atoms with Gasteiger partial charge in [-0.3, -0.25) is 0 Å². The molecule has 1 fully saturated rings. The maximum Gasteiger partial charge on any atom is 0.337 e. The van der Waals surface area contributed by atoms with Crippen molar-refractivity contribution in [3.05, 3.63) is 41.6 Å². The molecule has 0 radical (unpaired) electrons. The van der Waals surface area contributed by atoms with Gasteiger partial charge in [0, 0.05) is 18.1 Å². The van der Waals surface area contributed by atoms with Gasteiger partial charge in [-0.1, -0.05) is 17.3 Å². The van der Waals surface area contributed by atoms with Crippen LogP contribution in [0.3, 0.4) is 0 Å². The summed E-state index contributed by atoms with van der Waals surface area (Å²) in [5.41, 5.74) is 2.09. The van der Waals surface area contributed by atoms with Crippen LogP contribution in [-0.4, -0.2) is 37.2 Å². The number of hydrogen-bond acceptors (Lipinski definition) is 6. The van der Waals surface area contributed by atoms with Crippen molar-refractivity contribution >= 4 is 5.97 Å². The SMILES string of the molecule is COC(=O)c1ccc(-c2cc(CC3(C)OCCO3)no2)cc1. The van der Waals surface area contributed by atoms with Crippen LogP contribution in [0.4, 0.5) is 0 Å². The van der Waals surface area contributed by atoms with E-state index in [1.807, 2.05) is 13.0 Å². The van der Waals surface area contributed by atoms with Crippen molar-refractivity contribution in [3.8, 4) is 11.3 Å². The molecule has 1 aromatic carbocycles. The number of benzene rings is 1. The Balaban J connectivity index is 1.74. The molecule has 0 spiro atoms. The van der Waals surface area contributed by atoms with Crippen molar-refractivity contribution in [2.24, 2.45) is 0 Å². The van der Waals surface area contributed by atoms with Gasteiger partial charge >= 0.3 is 5.97 Å². The Kier molecular flexibility index (Phi) is 3.96. The zero-order valence-corrected chi connectivity index (χ0v) is 12.5. The Labute approximate surface area is 128 Å². The Bertz CT molecular complexity index is 655. The van der Waals surface area contributed by atoms with Crippen LogP contribution in [0, 0.1) is 0 Å². The lowest BCUT2D eigenvalue weighted by atomic mass is 10.1. The van der Waals surface area contributed by atoms with Gasteiger partial charge in [-0.25, -0.2) is 4.79 Å². The van der Waals surface area contributed by atoms with E-state index in [2.05, 4.69) is 9.89 Å². The van der Waals surface area contributed by atoms with Crippen LogP contribution in [0.2, 0.25) is 0 Å². The van der Waals surface area contributed by atoms with Gasteiger partial charge in [-0.15, -0.1) is 0 Å². The first kappa shape index (κ1) is 14.7. The minimum atomic E-state index is -0.636. The molecule has 6 nitrogen and oxygen atoms in total. The van der Waals surface area contributed by atoms with Crippen LogP contribution in [0.5, 0.6) is 0 Å². The molecule has 1 aliphatic heterocycles. The minimum Gasteiger partial charge on any atom is -0.465 e. The number of ether oxygens (including phenoxy) is 3. The fraction of sp³-hybridized carbons (Fsp3) is 0.375. The summed E-state index contributed by atoms with van der Waals surface area (Å²) in [6.45, 7) is 3.08. The van der Waals surface area contributed by atoms with Crippen LogP contribution in [0.1, 0.15) is 23.0 Å². The fourth-order valence-electron chi connectivity index (χ4n) is 2.41. The van der Waals surface area contributed by atoms with Gasteiger partial charge in [0.25, 0.3) is 0 Å². The molecule has 2 aromatic rings. The molecular formula is C16H17NO5. The second kappa shape index (κ2) is 5.90. The van der Waals surface area contributed by atoms with E-state index < -0.39 is 5.79 Å². The highest BCUT2D eigenvalue weighted by Gasteiger charge is 2.32. The summed E-state index contributed by atoms with van der Waals surface area (Å²) < 4.78 is 21.1.